The molecular weight excluding hydrogens is 193 g/mol. The second-order valence-electron chi connectivity index (χ2n) is 3.98. The highest BCUT2D eigenvalue weighted by atomic mass is 19.1. The summed E-state index contributed by atoms with van der Waals surface area (Å²) >= 11 is 0. The number of aliphatic hydroxyl groups excluding tert-OH is 1. The minimum Gasteiger partial charge on any atom is -0.392 e. The quantitative estimate of drug-likeness (QED) is 0.808. The van der Waals surface area contributed by atoms with E-state index in [1.807, 2.05) is 0 Å². The summed E-state index contributed by atoms with van der Waals surface area (Å²) in [7, 11) is 0. The molecule has 1 heterocycles. The van der Waals surface area contributed by atoms with Crippen LogP contribution in [0.2, 0.25) is 0 Å². The number of aliphatic hydroxyl groups is 1. The summed E-state index contributed by atoms with van der Waals surface area (Å²) in [6.45, 7) is 1.85. The Hall–Kier alpha value is -1.09. The summed E-state index contributed by atoms with van der Waals surface area (Å²) in [6.07, 6.45) is 3.68. The van der Waals surface area contributed by atoms with Gasteiger partial charge in [-0.25, -0.2) is 4.39 Å². The first-order chi connectivity index (χ1) is 7.31. The van der Waals surface area contributed by atoms with E-state index in [0.29, 0.717) is 5.56 Å². The van der Waals surface area contributed by atoms with Crippen molar-refractivity contribution < 1.29 is 9.50 Å². The minimum absolute atomic E-state index is 0.229. The van der Waals surface area contributed by atoms with Crippen LogP contribution in [0.5, 0.6) is 0 Å². The molecule has 1 fully saturated rings. The van der Waals surface area contributed by atoms with Crippen molar-refractivity contribution in [2.45, 2.75) is 25.9 Å². The molecule has 3 heteroatoms. The van der Waals surface area contributed by atoms with Gasteiger partial charge >= 0.3 is 0 Å². The standard InChI is InChI=1S/C12H16FNO/c13-12-5-4-11(8-10(12)9-15)14-6-2-1-3-7-14/h4-5,8,15H,1-3,6-7,9H2. The van der Waals surface area contributed by atoms with Crippen LogP contribution in [0.1, 0.15) is 24.8 Å². The van der Waals surface area contributed by atoms with Gasteiger partial charge < -0.3 is 10.0 Å². The van der Waals surface area contributed by atoms with Gasteiger partial charge in [-0.2, -0.15) is 0 Å². The van der Waals surface area contributed by atoms with Gasteiger partial charge in [-0.15, -0.1) is 0 Å². The number of nitrogens with zero attached hydrogens (tertiary/aromatic N) is 1. The van der Waals surface area contributed by atoms with Crippen LogP contribution in [0.3, 0.4) is 0 Å². The molecule has 2 rings (SSSR count). The van der Waals surface area contributed by atoms with E-state index in [2.05, 4.69) is 4.90 Å². The first-order valence-electron chi connectivity index (χ1n) is 5.45. The monoisotopic (exact) mass is 209 g/mol. The zero-order valence-electron chi connectivity index (χ0n) is 8.75. The van der Waals surface area contributed by atoms with Gasteiger partial charge in [0, 0.05) is 24.3 Å². The van der Waals surface area contributed by atoms with Gasteiger partial charge in [0.1, 0.15) is 5.82 Å². The molecule has 0 radical (unpaired) electrons. The molecule has 1 N–H and O–H groups in total. The number of hydrogen-bond donors (Lipinski definition) is 1. The minimum atomic E-state index is -0.321. The molecule has 1 aliphatic heterocycles. The summed E-state index contributed by atoms with van der Waals surface area (Å²) in [6, 6.07) is 4.98. The van der Waals surface area contributed by atoms with E-state index in [1.54, 1.807) is 12.1 Å². The van der Waals surface area contributed by atoms with Crippen LogP contribution in [0.25, 0.3) is 0 Å². The van der Waals surface area contributed by atoms with Gasteiger partial charge in [0.25, 0.3) is 0 Å². The van der Waals surface area contributed by atoms with Crippen LogP contribution in [0, 0.1) is 5.82 Å². The first-order valence-corrected chi connectivity index (χ1v) is 5.45. The predicted octanol–water partition coefficient (Wildman–Crippen LogP) is 2.31. The molecule has 1 aromatic carbocycles. The summed E-state index contributed by atoms with van der Waals surface area (Å²) in [5, 5.41) is 8.98. The molecule has 1 saturated heterocycles. The van der Waals surface area contributed by atoms with Gasteiger partial charge in [-0.3, -0.25) is 0 Å². The lowest BCUT2D eigenvalue weighted by atomic mass is 10.1. The Morgan fingerprint density at radius 2 is 1.93 bits per heavy atom. The Kier molecular flexibility index (Phi) is 3.21. The molecule has 0 bridgehead atoms. The average molecular weight is 209 g/mol. The summed E-state index contributed by atoms with van der Waals surface area (Å²) < 4.78 is 13.2. The van der Waals surface area contributed by atoms with Crippen molar-refractivity contribution in [1.82, 2.24) is 0 Å². The van der Waals surface area contributed by atoms with Gasteiger partial charge in [0.15, 0.2) is 0 Å². The fourth-order valence-electron chi connectivity index (χ4n) is 2.03. The Labute approximate surface area is 89.3 Å². The van der Waals surface area contributed by atoms with Crippen molar-refractivity contribution in [3.63, 3.8) is 0 Å². The van der Waals surface area contributed by atoms with Crippen LogP contribution < -0.4 is 4.90 Å². The summed E-state index contributed by atoms with van der Waals surface area (Å²) in [5.41, 5.74) is 1.42. The maximum absolute atomic E-state index is 13.2. The normalized spacial score (nSPS) is 16.8. The fraction of sp³-hybridized carbons (Fsp3) is 0.500. The van der Waals surface area contributed by atoms with E-state index in [0.717, 1.165) is 18.8 Å². The van der Waals surface area contributed by atoms with Crippen LogP contribution >= 0.6 is 0 Å². The fourth-order valence-corrected chi connectivity index (χ4v) is 2.03. The molecular formula is C12H16FNO. The Bertz CT molecular complexity index is 334. The highest BCUT2D eigenvalue weighted by Gasteiger charge is 2.12. The zero-order chi connectivity index (χ0) is 10.7. The highest BCUT2D eigenvalue weighted by molar-refractivity contribution is 5.49. The molecule has 0 amide bonds. The van der Waals surface area contributed by atoms with Crippen molar-refractivity contribution >= 4 is 5.69 Å². The van der Waals surface area contributed by atoms with Crippen molar-refractivity contribution in [3.8, 4) is 0 Å². The predicted molar refractivity (Wildman–Crippen MR) is 58.4 cm³/mol. The molecule has 2 nitrogen and oxygen atoms in total. The first kappa shape index (κ1) is 10.4. The number of hydrogen-bond acceptors (Lipinski definition) is 2. The third-order valence-corrected chi connectivity index (χ3v) is 2.92. The molecule has 0 spiro atoms. The van der Waals surface area contributed by atoms with Crippen LogP contribution in [-0.4, -0.2) is 18.2 Å². The largest absolute Gasteiger partial charge is 0.392 e. The van der Waals surface area contributed by atoms with Gasteiger partial charge in [-0.05, 0) is 37.5 Å². The third-order valence-electron chi connectivity index (χ3n) is 2.92. The second-order valence-corrected chi connectivity index (χ2v) is 3.98. The van der Waals surface area contributed by atoms with Crippen LogP contribution in [-0.2, 0) is 6.61 Å². The lowest BCUT2D eigenvalue weighted by Gasteiger charge is -2.29. The maximum Gasteiger partial charge on any atom is 0.128 e. The molecule has 1 aliphatic rings. The maximum atomic E-state index is 13.2. The Balaban J connectivity index is 2.20. The Morgan fingerprint density at radius 1 is 1.20 bits per heavy atom. The van der Waals surface area contributed by atoms with E-state index in [4.69, 9.17) is 5.11 Å². The smallest absolute Gasteiger partial charge is 0.128 e. The number of anilines is 1. The molecule has 0 atom stereocenters. The van der Waals surface area contributed by atoms with Gasteiger partial charge in [-0.1, -0.05) is 0 Å². The molecule has 0 aromatic heterocycles. The van der Waals surface area contributed by atoms with Gasteiger partial charge in [0.05, 0.1) is 6.61 Å². The molecule has 1 aromatic rings. The second kappa shape index (κ2) is 4.62. The van der Waals surface area contributed by atoms with E-state index in [-0.39, 0.29) is 12.4 Å². The molecule has 0 unspecified atom stereocenters. The van der Waals surface area contributed by atoms with Crippen molar-refractivity contribution in [2.24, 2.45) is 0 Å². The van der Waals surface area contributed by atoms with Crippen molar-refractivity contribution in [3.05, 3.63) is 29.6 Å². The van der Waals surface area contributed by atoms with Gasteiger partial charge in [0.2, 0.25) is 0 Å². The number of rotatable bonds is 2. The van der Waals surface area contributed by atoms with E-state index in [9.17, 15) is 4.39 Å². The number of halogens is 1. The molecule has 82 valence electrons. The molecule has 0 aliphatic carbocycles. The highest BCUT2D eigenvalue weighted by Crippen LogP contribution is 2.22. The lowest BCUT2D eigenvalue weighted by Crippen LogP contribution is -2.29. The molecule has 15 heavy (non-hydrogen) atoms. The Morgan fingerprint density at radius 3 is 2.60 bits per heavy atom. The van der Waals surface area contributed by atoms with Crippen molar-refractivity contribution in [1.29, 1.82) is 0 Å². The van der Waals surface area contributed by atoms with Crippen LogP contribution in [0.4, 0.5) is 10.1 Å². The van der Waals surface area contributed by atoms with Crippen LogP contribution in [0.15, 0.2) is 18.2 Å². The number of benzene rings is 1. The average Bonchev–Trinajstić information content (AvgIpc) is 2.31. The lowest BCUT2D eigenvalue weighted by molar-refractivity contribution is 0.276. The number of piperidine rings is 1. The van der Waals surface area contributed by atoms with E-state index in [1.165, 1.54) is 25.3 Å². The van der Waals surface area contributed by atoms with Crippen molar-refractivity contribution in [2.75, 3.05) is 18.0 Å². The van der Waals surface area contributed by atoms with E-state index >= 15 is 0 Å². The zero-order valence-corrected chi connectivity index (χ0v) is 8.75. The SMILES string of the molecule is OCc1cc(N2CCCCC2)ccc1F. The van der Waals surface area contributed by atoms with E-state index < -0.39 is 0 Å². The summed E-state index contributed by atoms with van der Waals surface area (Å²) in [4.78, 5) is 2.25. The third kappa shape index (κ3) is 2.29. The topological polar surface area (TPSA) is 23.5 Å². The molecule has 0 saturated carbocycles. The summed E-state index contributed by atoms with van der Waals surface area (Å²) in [5.74, 6) is -0.321.